The van der Waals surface area contributed by atoms with Crippen molar-refractivity contribution in [2.24, 2.45) is 5.41 Å². The summed E-state index contributed by atoms with van der Waals surface area (Å²) in [6.07, 6.45) is 4.14. The van der Waals surface area contributed by atoms with Crippen molar-refractivity contribution in [3.8, 4) is 22.8 Å². The quantitative estimate of drug-likeness (QED) is 0.211. The second-order valence-corrected chi connectivity index (χ2v) is 14.8. The van der Waals surface area contributed by atoms with Crippen LogP contribution in [0.1, 0.15) is 49.4 Å². The first-order chi connectivity index (χ1) is 22.4. The highest BCUT2D eigenvalue weighted by Gasteiger charge is 2.30. The van der Waals surface area contributed by atoms with Crippen molar-refractivity contribution in [3.05, 3.63) is 101 Å². The molecule has 246 valence electrons. The fourth-order valence-corrected chi connectivity index (χ4v) is 8.23. The predicted octanol–water partition coefficient (Wildman–Crippen LogP) is 7.07. The lowest BCUT2D eigenvalue weighted by Gasteiger charge is -2.26. The summed E-state index contributed by atoms with van der Waals surface area (Å²) in [5.41, 5.74) is 1.97. The van der Waals surface area contributed by atoms with Gasteiger partial charge < -0.3 is 19.6 Å². The predicted molar refractivity (Wildman–Crippen MR) is 173 cm³/mol. The number of halogens is 2. The number of H-pyrrole nitrogens is 1. The van der Waals surface area contributed by atoms with E-state index in [1.165, 1.54) is 24.3 Å². The van der Waals surface area contributed by atoms with Crippen molar-refractivity contribution in [1.29, 1.82) is 0 Å². The van der Waals surface area contributed by atoms with E-state index in [2.05, 4.69) is 4.98 Å². The molecule has 4 bridgehead atoms. The van der Waals surface area contributed by atoms with E-state index in [0.717, 1.165) is 11.1 Å². The summed E-state index contributed by atoms with van der Waals surface area (Å²) < 4.78 is 71.9. The van der Waals surface area contributed by atoms with E-state index in [1.54, 1.807) is 43.1 Å². The van der Waals surface area contributed by atoms with Crippen molar-refractivity contribution in [3.63, 3.8) is 0 Å². The van der Waals surface area contributed by atoms with Crippen LogP contribution in [0.2, 0.25) is 0 Å². The number of fused-ring (bicyclic) bond motifs is 8. The topological polar surface area (TPSA) is 124 Å². The fourth-order valence-electron chi connectivity index (χ4n) is 6.12. The van der Waals surface area contributed by atoms with E-state index in [0.29, 0.717) is 29.4 Å². The van der Waals surface area contributed by atoms with Crippen LogP contribution in [0.5, 0.6) is 11.5 Å². The highest BCUT2D eigenvalue weighted by Crippen LogP contribution is 2.38. The van der Waals surface area contributed by atoms with Crippen LogP contribution in [0.25, 0.3) is 22.2 Å². The average Bonchev–Trinajstić information content (AvgIpc) is 3.68. The maximum Gasteiger partial charge on any atom is 0.303 e. The molecule has 0 spiro atoms. The molecular weight excluding hydrogens is 628 g/mol. The number of aromatic amines is 1. The van der Waals surface area contributed by atoms with Gasteiger partial charge in [-0.25, -0.2) is 17.2 Å². The van der Waals surface area contributed by atoms with Gasteiger partial charge in [0.15, 0.2) is 21.4 Å². The van der Waals surface area contributed by atoms with Gasteiger partial charge in [-0.2, -0.15) is 5.10 Å². The Balaban J connectivity index is 1.44. The number of hydrogen-bond donors (Lipinski definition) is 2. The lowest BCUT2D eigenvalue weighted by molar-refractivity contribution is -0.136. The first-order valence-electron chi connectivity index (χ1n) is 15.3. The van der Waals surface area contributed by atoms with Crippen LogP contribution in [-0.4, -0.2) is 53.2 Å². The Morgan fingerprint density at radius 1 is 1.11 bits per heavy atom. The van der Waals surface area contributed by atoms with Gasteiger partial charge in [-0.15, -0.1) is 0 Å². The number of carboxylic acids is 1. The van der Waals surface area contributed by atoms with Crippen molar-refractivity contribution in [2.75, 3.05) is 19.0 Å². The number of carboxylic acid groups (broad SMARTS) is 1. The smallest absolute Gasteiger partial charge is 0.303 e. The summed E-state index contributed by atoms with van der Waals surface area (Å²) in [7, 11) is -3.80. The monoisotopic (exact) mass is 663 g/mol. The molecule has 12 heteroatoms. The minimum absolute atomic E-state index is 0.0106. The zero-order valence-corrected chi connectivity index (χ0v) is 26.8. The summed E-state index contributed by atoms with van der Waals surface area (Å²) in [6, 6.07) is 15.8. The molecule has 6 rings (SSSR count). The molecule has 5 aromatic rings. The fraction of sp³-hybridized carbons (Fsp3) is 0.314. The standard InChI is InChI=1S/C35H35F2N3O6S/c1-35(2)20-45-15-12-32(23-5-3-4-22(16-23)6-9-33(41)42)40-14-11-30(39-40)26-17-24(7-8-28(26)36)46-34-27(19-47(43,44)21-35)25-10-13-38-31(25)18-29(34)37/h3-5,7-8,10-11,13-14,16-18,32,38H,6,9,12,15,19-21H2,1-2H3,(H,41,42). The first-order valence-corrected chi connectivity index (χ1v) is 17.1. The SMILES string of the molecule is CC1(C)COCCC(c2cccc(CCC(=O)O)c2)n2ccc(n2)-c2cc(ccc2F)Oc2c(F)cc3[nH]ccc3c2CS(=O)(=O)C1. The van der Waals surface area contributed by atoms with Gasteiger partial charge in [-0.3, -0.25) is 9.48 Å². The Labute approximate surface area is 271 Å². The van der Waals surface area contributed by atoms with Crippen LogP contribution in [-0.2, 0) is 31.5 Å². The number of benzene rings is 3. The van der Waals surface area contributed by atoms with E-state index in [9.17, 15) is 13.2 Å². The molecule has 0 aliphatic carbocycles. The van der Waals surface area contributed by atoms with Gasteiger partial charge in [0.1, 0.15) is 11.6 Å². The number of aromatic nitrogens is 3. The van der Waals surface area contributed by atoms with E-state index >= 15 is 8.78 Å². The van der Waals surface area contributed by atoms with Crippen LogP contribution >= 0.6 is 0 Å². The van der Waals surface area contributed by atoms with Crippen molar-refractivity contribution in [1.82, 2.24) is 14.8 Å². The van der Waals surface area contributed by atoms with Gasteiger partial charge in [0.25, 0.3) is 0 Å². The third-order valence-corrected chi connectivity index (χ3v) is 10.1. The molecule has 0 fully saturated rings. The lowest BCUT2D eigenvalue weighted by atomic mass is 9.98. The highest BCUT2D eigenvalue weighted by molar-refractivity contribution is 7.90. The summed E-state index contributed by atoms with van der Waals surface area (Å²) in [5, 5.41) is 14.4. The molecule has 1 aliphatic heterocycles. The third kappa shape index (κ3) is 7.39. The maximum atomic E-state index is 15.6. The van der Waals surface area contributed by atoms with Gasteiger partial charge in [0, 0.05) is 58.9 Å². The van der Waals surface area contributed by atoms with Gasteiger partial charge in [0.2, 0.25) is 0 Å². The van der Waals surface area contributed by atoms with Gasteiger partial charge in [0.05, 0.1) is 29.8 Å². The highest BCUT2D eigenvalue weighted by atomic mass is 32.2. The molecule has 47 heavy (non-hydrogen) atoms. The molecule has 1 unspecified atom stereocenters. The number of sulfone groups is 1. The lowest BCUT2D eigenvalue weighted by Crippen LogP contribution is -2.30. The number of hydrogen-bond acceptors (Lipinski definition) is 6. The number of aliphatic carboxylic acids is 1. The van der Waals surface area contributed by atoms with Gasteiger partial charge >= 0.3 is 5.97 Å². The van der Waals surface area contributed by atoms with Crippen molar-refractivity contribution < 1.29 is 36.6 Å². The summed E-state index contributed by atoms with van der Waals surface area (Å²) in [6.45, 7) is 4.02. The number of ether oxygens (including phenoxy) is 2. The van der Waals surface area contributed by atoms with E-state index in [1.807, 2.05) is 24.3 Å². The molecule has 9 nitrogen and oxygen atoms in total. The molecule has 2 aromatic heterocycles. The zero-order chi connectivity index (χ0) is 33.3. The summed E-state index contributed by atoms with van der Waals surface area (Å²) in [5.74, 6) is -3.05. The number of rotatable bonds is 4. The number of nitrogens with zero attached hydrogens (tertiary/aromatic N) is 2. The normalized spacial score (nSPS) is 18.1. The molecule has 0 amide bonds. The van der Waals surface area contributed by atoms with Gasteiger partial charge in [-0.1, -0.05) is 38.1 Å². The average molecular weight is 664 g/mol. The Morgan fingerprint density at radius 3 is 2.74 bits per heavy atom. The minimum atomic E-state index is -3.80. The zero-order valence-electron chi connectivity index (χ0n) is 26.0. The summed E-state index contributed by atoms with van der Waals surface area (Å²) in [4.78, 5) is 14.1. The van der Waals surface area contributed by atoms with Crippen LogP contribution in [0, 0.1) is 17.0 Å². The molecule has 0 saturated heterocycles. The molecule has 2 N–H and O–H groups in total. The van der Waals surface area contributed by atoms with E-state index < -0.39 is 38.6 Å². The molecule has 3 heterocycles. The summed E-state index contributed by atoms with van der Waals surface area (Å²) >= 11 is 0. The molecule has 1 atom stereocenters. The third-order valence-electron chi connectivity index (χ3n) is 8.19. The van der Waals surface area contributed by atoms with Gasteiger partial charge in [-0.05, 0) is 54.3 Å². The molecule has 0 radical (unpaired) electrons. The van der Waals surface area contributed by atoms with Crippen molar-refractivity contribution >= 4 is 26.7 Å². The minimum Gasteiger partial charge on any atom is -0.481 e. The molecule has 0 saturated carbocycles. The van der Waals surface area contributed by atoms with Crippen LogP contribution in [0.3, 0.4) is 0 Å². The second kappa shape index (κ2) is 12.9. The first kappa shape index (κ1) is 32.4. The second-order valence-electron chi connectivity index (χ2n) is 12.7. The molecular formula is C35H35F2N3O6S. The molecule has 1 aliphatic rings. The molecule has 3 aromatic carbocycles. The van der Waals surface area contributed by atoms with Crippen LogP contribution in [0.4, 0.5) is 8.78 Å². The Kier molecular flexibility index (Phi) is 8.91. The van der Waals surface area contributed by atoms with Crippen LogP contribution in [0.15, 0.2) is 73.1 Å². The number of aryl methyl sites for hydroxylation is 1. The number of nitrogens with one attached hydrogen (secondary N) is 1. The van der Waals surface area contributed by atoms with E-state index in [-0.39, 0.29) is 54.1 Å². The van der Waals surface area contributed by atoms with Crippen molar-refractivity contribution in [2.45, 2.75) is 44.9 Å². The Morgan fingerprint density at radius 2 is 1.94 bits per heavy atom. The Hall–Kier alpha value is -4.55. The van der Waals surface area contributed by atoms with E-state index in [4.69, 9.17) is 19.7 Å². The number of carbonyl (C=O) groups is 1. The van der Waals surface area contributed by atoms with Crippen LogP contribution < -0.4 is 4.74 Å². The largest absolute Gasteiger partial charge is 0.481 e. The Bertz CT molecular complexity index is 2050. The maximum absolute atomic E-state index is 15.6.